The second kappa shape index (κ2) is 4.08. The Morgan fingerprint density at radius 3 is 2.85 bits per heavy atom. The zero-order valence-corrected chi connectivity index (χ0v) is 7.86. The van der Waals surface area contributed by atoms with Gasteiger partial charge in [-0.1, -0.05) is 6.08 Å². The minimum atomic E-state index is -0.527. The van der Waals surface area contributed by atoms with Crippen molar-refractivity contribution in [1.29, 1.82) is 5.26 Å². The van der Waals surface area contributed by atoms with Crippen molar-refractivity contribution in [3.8, 4) is 6.07 Å². The van der Waals surface area contributed by atoms with Crippen molar-refractivity contribution in [2.24, 2.45) is 5.92 Å². The van der Waals surface area contributed by atoms with Crippen molar-refractivity contribution in [3.63, 3.8) is 0 Å². The molecule has 70 valence electrons. The second-order valence-corrected chi connectivity index (χ2v) is 3.36. The van der Waals surface area contributed by atoms with Crippen molar-refractivity contribution in [2.75, 3.05) is 6.54 Å². The van der Waals surface area contributed by atoms with Gasteiger partial charge >= 0.3 is 0 Å². The van der Waals surface area contributed by atoms with Crippen LogP contribution >= 0.6 is 0 Å². The van der Waals surface area contributed by atoms with Gasteiger partial charge in [-0.05, 0) is 19.8 Å². The molecule has 0 bridgehead atoms. The highest BCUT2D eigenvalue weighted by molar-refractivity contribution is 5.81. The summed E-state index contributed by atoms with van der Waals surface area (Å²) in [6, 6.07) is 2.32. The predicted molar refractivity (Wildman–Crippen MR) is 49.7 cm³/mol. The van der Waals surface area contributed by atoms with E-state index in [1.165, 1.54) is 0 Å². The highest BCUT2D eigenvalue weighted by atomic mass is 16.2. The van der Waals surface area contributed by atoms with Crippen LogP contribution in [0.4, 0.5) is 0 Å². The number of rotatable bonds is 4. The van der Waals surface area contributed by atoms with Gasteiger partial charge in [0.1, 0.15) is 5.92 Å². The third-order valence-electron chi connectivity index (χ3n) is 2.16. The number of carbonyl (C=O) groups excluding carboxylic acids is 1. The second-order valence-electron chi connectivity index (χ2n) is 3.36. The lowest BCUT2D eigenvalue weighted by Gasteiger charge is -2.21. The lowest BCUT2D eigenvalue weighted by atomic mass is 10.2. The van der Waals surface area contributed by atoms with Crippen molar-refractivity contribution in [2.45, 2.75) is 25.8 Å². The molecule has 1 unspecified atom stereocenters. The van der Waals surface area contributed by atoms with Crippen LogP contribution in [0.2, 0.25) is 0 Å². The summed E-state index contributed by atoms with van der Waals surface area (Å²) in [5.41, 5.74) is 0. The Hall–Kier alpha value is -1.30. The van der Waals surface area contributed by atoms with Crippen LogP contribution in [-0.2, 0) is 4.79 Å². The van der Waals surface area contributed by atoms with E-state index in [0.717, 1.165) is 12.8 Å². The van der Waals surface area contributed by atoms with Crippen LogP contribution < -0.4 is 0 Å². The summed E-state index contributed by atoms with van der Waals surface area (Å²) in [5, 5.41) is 8.60. The lowest BCUT2D eigenvalue weighted by Crippen LogP contribution is -2.36. The molecule has 1 aliphatic carbocycles. The number of nitrogens with zero attached hydrogens (tertiary/aromatic N) is 2. The molecule has 1 aliphatic rings. The number of hydrogen-bond acceptors (Lipinski definition) is 2. The SMILES string of the molecule is C=CCN(C(=O)C(C)C#N)C1CC1. The van der Waals surface area contributed by atoms with Crippen molar-refractivity contribution < 1.29 is 4.79 Å². The molecule has 3 nitrogen and oxygen atoms in total. The molecule has 1 fully saturated rings. The van der Waals surface area contributed by atoms with E-state index < -0.39 is 5.92 Å². The predicted octanol–water partition coefficient (Wildman–Crippen LogP) is 1.32. The Kier molecular flexibility index (Phi) is 3.07. The molecule has 1 amide bonds. The number of nitriles is 1. The highest BCUT2D eigenvalue weighted by Crippen LogP contribution is 2.27. The standard InChI is InChI=1S/C10H14N2O/c1-3-6-12(9-4-5-9)10(13)8(2)7-11/h3,8-9H,1,4-6H2,2H3. The first kappa shape index (κ1) is 9.79. The van der Waals surface area contributed by atoms with E-state index in [0.29, 0.717) is 12.6 Å². The molecule has 0 aromatic rings. The van der Waals surface area contributed by atoms with E-state index in [9.17, 15) is 4.79 Å². The Balaban J connectivity index is 2.58. The molecule has 0 aromatic carbocycles. The zero-order valence-electron chi connectivity index (χ0n) is 7.86. The minimum Gasteiger partial charge on any atom is -0.335 e. The van der Waals surface area contributed by atoms with E-state index in [2.05, 4.69) is 6.58 Å². The summed E-state index contributed by atoms with van der Waals surface area (Å²) in [7, 11) is 0. The summed E-state index contributed by atoms with van der Waals surface area (Å²) in [4.78, 5) is 13.4. The fourth-order valence-corrected chi connectivity index (χ4v) is 1.25. The normalized spacial score (nSPS) is 17.2. The Morgan fingerprint density at radius 1 is 1.85 bits per heavy atom. The quantitative estimate of drug-likeness (QED) is 0.609. The van der Waals surface area contributed by atoms with Crippen molar-refractivity contribution in [1.82, 2.24) is 4.90 Å². The molecule has 0 radical (unpaired) electrons. The first-order valence-corrected chi connectivity index (χ1v) is 4.51. The number of carbonyl (C=O) groups is 1. The summed E-state index contributed by atoms with van der Waals surface area (Å²) in [6.45, 7) is 5.81. The van der Waals surface area contributed by atoms with Gasteiger partial charge in [-0.3, -0.25) is 4.79 Å². The molecule has 1 saturated carbocycles. The third kappa shape index (κ3) is 2.32. The van der Waals surface area contributed by atoms with Gasteiger partial charge in [0, 0.05) is 12.6 Å². The van der Waals surface area contributed by atoms with Gasteiger partial charge in [0.15, 0.2) is 0 Å². The van der Waals surface area contributed by atoms with Crippen LogP contribution in [0, 0.1) is 17.2 Å². The molecule has 0 spiro atoms. The number of hydrogen-bond donors (Lipinski definition) is 0. The number of amides is 1. The Labute approximate surface area is 78.6 Å². The molecule has 0 aliphatic heterocycles. The smallest absolute Gasteiger partial charge is 0.240 e. The maximum atomic E-state index is 11.6. The van der Waals surface area contributed by atoms with Gasteiger partial charge in [-0.25, -0.2) is 0 Å². The van der Waals surface area contributed by atoms with Crippen molar-refractivity contribution >= 4 is 5.91 Å². The van der Waals surface area contributed by atoms with Gasteiger partial charge in [-0.15, -0.1) is 6.58 Å². The highest BCUT2D eigenvalue weighted by Gasteiger charge is 2.33. The lowest BCUT2D eigenvalue weighted by molar-refractivity contribution is -0.133. The van der Waals surface area contributed by atoms with E-state index in [4.69, 9.17) is 5.26 Å². The van der Waals surface area contributed by atoms with Gasteiger partial charge < -0.3 is 4.90 Å². The summed E-state index contributed by atoms with van der Waals surface area (Å²) in [6.07, 6.45) is 3.84. The molecule has 0 N–H and O–H groups in total. The average Bonchev–Trinajstić information content (AvgIpc) is 2.95. The summed E-state index contributed by atoms with van der Waals surface area (Å²) in [5.74, 6) is -0.592. The van der Waals surface area contributed by atoms with Crippen LogP contribution in [0.3, 0.4) is 0 Å². The van der Waals surface area contributed by atoms with Crippen molar-refractivity contribution in [3.05, 3.63) is 12.7 Å². The van der Waals surface area contributed by atoms with E-state index in [1.807, 2.05) is 6.07 Å². The molecule has 3 heteroatoms. The van der Waals surface area contributed by atoms with Crippen LogP contribution in [0.25, 0.3) is 0 Å². The topological polar surface area (TPSA) is 44.1 Å². The fourth-order valence-electron chi connectivity index (χ4n) is 1.25. The van der Waals surface area contributed by atoms with Gasteiger partial charge in [0.05, 0.1) is 6.07 Å². The molecule has 13 heavy (non-hydrogen) atoms. The van der Waals surface area contributed by atoms with Crippen LogP contribution in [-0.4, -0.2) is 23.4 Å². The van der Waals surface area contributed by atoms with Gasteiger partial charge in [-0.2, -0.15) is 5.26 Å². The maximum absolute atomic E-state index is 11.6. The molecule has 1 atom stereocenters. The monoisotopic (exact) mass is 178 g/mol. The van der Waals surface area contributed by atoms with Crippen LogP contribution in [0.1, 0.15) is 19.8 Å². The van der Waals surface area contributed by atoms with Gasteiger partial charge in [0.25, 0.3) is 0 Å². The zero-order chi connectivity index (χ0) is 9.84. The summed E-state index contributed by atoms with van der Waals surface area (Å²) >= 11 is 0. The molecular formula is C10H14N2O. The van der Waals surface area contributed by atoms with E-state index >= 15 is 0 Å². The average molecular weight is 178 g/mol. The third-order valence-corrected chi connectivity index (χ3v) is 2.16. The first-order chi connectivity index (χ1) is 6.20. The minimum absolute atomic E-state index is 0.0649. The van der Waals surface area contributed by atoms with E-state index in [-0.39, 0.29) is 5.91 Å². The van der Waals surface area contributed by atoms with Crippen LogP contribution in [0.15, 0.2) is 12.7 Å². The molecule has 1 rings (SSSR count). The Morgan fingerprint density at radius 2 is 2.46 bits per heavy atom. The van der Waals surface area contributed by atoms with E-state index in [1.54, 1.807) is 17.9 Å². The molecular weight excluding hydrogens is 164 g/mol. The fraction of sp³-hybridized carbons (Fsp3) is 0.600. The largest absolute Gasteiger partial charge is 0.335 e. The maximum Gasteiger partial charge on any atom is 0.240 e. The molecule has 0 heterocycles. The molecule has 0 saturated heterocycles. The van der Waals surface area contributed by atoms with Gasteiger partial charge in [0.2, 0.25) is 5.91 Å². The molecule has 0 aromatic heterocycles. The first-order valence-electron chi connectivity index (χ1n) is 4.51. The summed E-state index contributed by atoms with van der Waals surface area (Å²) < 4.78 is 0. The van der Waals surface area contributed by atoms with Crippen LogP contribution in [0.5, 0.6) is 0 Å². The Bertz CT molecular complexity index is 250.